The molecule has 0 unspecified atom stereocenters. The van der Waals surface area contributed by atoms with E-state index in [1.807, 2.05) is 6.07 Å². The monoisotopic (exact) mass is 433 g/mol. The molecule has 0 N–H and O–H groups in total. The van der Waals surface area contributed by atoms with Gasteiger partial charge >= 0.3 is 6.18 Å². The lowest BCUT2D eigenvalue weighted by Crippen LogP contribution is -2.11. The van der Waals surface area contributed by atoms with Crippen LogP contribution >= 0.6 is 0 Å². The van der Waals surface area contributed by atoms with Gasteiger partial charge in [-0.25, -0.2) is 13.2 Å². The zero-order chi connectivity index (χ0) is 22.6. The molecule has 0 spiro atoms. The lowest BCUT2D eigenvalue weighted by molar-refractivity contribution is -0.142. The van der Waals surface area contributed by atoms with Gasteiger partial charge in [0.2, 0.25) is 0 Å². The number of alkyl halides is 3. The predicted octanol–water partition coefficient (Wildman–Crippen LogP) is 6.93. The molecule has 0 amide bonds. The second kappa shape index (κ2) is 9.25. The van der Waals surface area contributed by atoms with Crippen LogP contribution in [0.2, 0.25) is 0 Å². The molecule has 3 rings (SSSR count). The lowest BCUT2D eigenvalue weighted by atomic mass is 10.1. The van der Waals surface area contributed by atoms with E-state index in [9.17, 15) is 26.3 Å². The van der Waals surface area contributed by atoms with E-state index in [-0.39, 0.29) is 11.1 Å². The first-order chi connectivity index (χ1) is 14.7. The van der Waals surface area contributed by atoms with Gasteiger partial charge in [0.05, 0.1) is 11.3 Å². The lowest BCUT2D eigenvalue weighted by Gasteiger charge is -2.09. The smallest absolute Gasteiger partial charge is 0.256 e. The molecular weight excluding hydrogens is 416 g/mol. The normalized spacial score (nSPS) is 11.2. The Kier molecular flexibility index (Phi) is 6.69. The van der Waals surface area contributed by atoms with Crippen LogP contribution in [-0.4, -0.2) is 4.98 Å². The molecule has 0 fully saturated rings. The quantitative estimate of drug-likeness (QED) is 0.321. The van der Waals surface area contributed by atoms with Crippen molar-refractivity contribution in [2.45, 2.75) is 32.4 Å². The van der Waals surface area contributed by atoms with E-state index < -0.39 is 29.2 Å². The number of halogens is 6. The molecule has 0 aliphatic heterocycles. The summed E-state index contributed by atoms with van der Waals surface area (Å²) in [5.41, 5.74) is -0.201. The number of hydrogen-bond acceptors (Lipinski definition) is 1. The number of nitrogens with zero attached hydrogens (tertiary/aromatic N) is 1. The summed E-state index contributed by atoms with van der Waals surface area (Å²) >= 11 is 0. The number of pyridine rings is 1. The Morgan fingerprint density at radius 2 is 1.58 bits per heavy atom. The number of benzene rings is 2. The third-order valence-corrected chi connectivity index (χ3v) is 4.58. The molecule has 1 heterocycles. The van der Waals surface area contributed by atoms with Gasteiger partial charge in [0.1, 0.15) is 23.0 Å². The molecule has 0 atom stereocenters. The second-order valence-electron chi connectivity index (χ2n) is 6.91. The number of aromatic nitrogens is 1. The van der Waals surface area contributed by atoms with Gasteiger partial charge < -0.3 is 0 Å². The Morgan fingerprint density at radius 1 is 0.871 bits per heavy atom. The minimum absolute atomic E-state index is 0.0657. The first-order valence-electron chi connectivity index (χ1n) is 9.52. The molecule has 0 saturated carbocycles. The summed E-state index contributed by atoms with van der Waals surface area (Å²) in [6, 6.07) is 8.85. The molecule has 31 heavy (non-hydrogen) atoms. The van der Waals surface area contributed by atoms with Gasteiger partial charge in [0.25, 0.3) is 0 Å². The van der Waals surface area contributed by atoms with Crippen LogP contribution in [0.15, 0.2) is 48.7 Å². The fourth-order valence-corrected chi connectivity index (χ4v) is 2.96. The molecule has 7 heteroatoms. The first kappa shape index (κ1) is 22.4. The van der Waals surface area contributed by atoms with E-state index >= 15 is 0 Å². The molecule has 0 saturated heterocycles. The largest absolute Gasteiger partial charge is 0.422 e. The second-order valence-corrected chi connectivity index (χ2v) is 6.91. The summed E-state index contributed by atoms with van der Waals surface area (Å²) in [4.78, 5) is 4.34. The molecule has 0 bridgehead atoms. The van der Waals surface area contributed by atoms with Crippen LogP contribution in [0.1, 0.15) is 42.0 Å². The van der Waals surface area contributed by atoms with Crippen LogP contribution in [0.4, 0.5) is 26.3 Å². The Hall–Kier alpha value is -3.27. The first-order valence-corrected chi connectivity index (χ1v) is 9.52. The summed E-state index contributed by atoms with van der Waals surface area (Å²) in [7, 11) is 0. The Balaban J connectivity index is 1.83. The zero-order valence-corrected chi connectivity index (χ0v) is 16.5. The zero-order valence-electron chi connectivity index (χ0n) is 16.5. The van der Waals surface area contributed by atoms with Crippen molar-refractivity contribution in [2.75, 3.05) is 0 Å². The van der Waals surface area contributed by atoms with Gasteiger partial charge in [-0.2, -0.15) is 13.2 Å². The topological polar surface area (TPSA) is 12.9 Å². The number of hydrogen-bond donors (Lipinski definition) is 0. The van der Waals surface area contributed by atoms with Crippen LogP contribution in [-0.2, 0) is 12.6 Å². The van der Waals surface area contributed by atoms with Crippen LogP contribution < -0.4 is 0 Å². The summed E-state index contributed by atoms with van der Waals surface area (Å²) in [6.45, 7) is 2.10. The minimum atomic E-state index is -5.16. The summed E-state index contributed by atoms with van der Waals surface area (Å²) < 4.78 is 79.6. The van der Waals surface area contributed by atoms with Gasteiger partial charge in [0, 0.05) is 17.3 Å². The average molecular weight is 433 g/mol. The van der Waals surface area contributed by atoms with Crippen LogP contribution in [0, 0.1) is 29.3 Å². The third kappa shape index (κ3) is 5.46. The summed E-state index contributed by atoms with van der Waals surface area (Å²) in [6.07, 6.45) is -0.386. The minimum Gasteiger partial charge on any atom is -0.256 e. The molecule has 0 aliphatic carbocycles. The molecular formula is C24H17F6N. The van der Waals surface area contributed by atoms with E-state index in [2.05, 4.69) is 23.7 Å². The van der Waals surface area contributed by atoms with Crippen molar-refractivity contribution in [1.29, 1.82) is 0 Å². The average Bonchev–Trinajstić information content (AvgIpc) is 2.70. The highest BCUT2D eigenvalue weighted by atomic mass is 19.4. The summed E-state index contributed by atoms with van der Waals surface area (Å²) in [5, 5.41) is 0. The number of aryl methyl sites for hydroxylation is 1. The van der Waals surface area contributed by atoms with Crippen molar-refractivity contribution in [3.8, 4) is 23.1 Å². The van der Waals surface area contributed by atoms with Crippen LogP contribution in [0.3, 0.4) is 0 Å². The maximum absolute atomic E-state index is 14.4. The van der Waals surface area contributed by atoms with Crippen molar-refractivity contribution in [1.82, 2.24) is 4.98 Å². The highest BCUT2D eigenvalue weighted by Gasteiger charge is 2.37. The Morgan fingerprint density at radius 3 is 2.13 bits per heavy atom. The van der Waals surface area contributed by atoms with Gasteiger partial charge in [-0.1, -0.05) is 37.3 Å². The fraction of sp³-hybridized carbons (Fsp3) is 0.208. The third-order valence-electron chi connectivity index (χ3n) is 4.58. The van der Waals surface area contributed by atoms with Gasteiger partial charge in [-0.15, -0.1) is 0 Å². The maximum atomic E-state index is 14.4. The Bertz CT molecular complexity index is 1110. The van der Waals surface area contributed by atoms with E-state index in [1.54, 1.807) is 18.3 Å². The van der Waals surface area contributed by atoms with E-state index in [1.165, 1.54) is 12.1 Å². The molecule has 1 aromatic heterocycles. The number of unbranched alkanes of at least 4 members (excludes halogenated alkanes) is 1. The van der Waals surface area contributed by atoms with E-state index in [0.29, 0.717) is 23.4 Å². The summed E-state index contributed by atoms with van der Waals surface area (Å²) in [5.74, 6) is 0.449. The van der Waals surface area contributed by atoms with Crippen molar-refractivity contribution >= 4 is 0 Å². The van der Waals surface area contributed by atoms with E-state index in [4.69, 9.17) is 0 Å². The molecule has 0 aliphatic rings. The SMILES string of the molecule is CCCCc1ccc(-c2ccc(C#Cc3cc(F)c(C(F)(F)F)c(F)c3)c(F)c2)nc1. The van der Waals surface area contributed by atoms with Crippen molar-refractivity contribution in [2.24, 2.45) is 0 Å². The van der Waals surface area contributed by atoms with Gasteiger partial charge in [-0.05, 0) is 48.7 Å². The standard InChI is InChI=1S/C24H17F6N/c1-2-3-4-15-6-10-22(31-14-15)18-9-8-17(19(25)13-18)7-5-16-11-20(26)23(21(27)12-16)24(28,29)30/h6,8-14H,2-4H2,1H3. The maximum Gasteiger partial charge on any atom is 0.422 e. The predicted molar refractivity (Wildman–Crippen MR) is 106 cm³/mol. The Labute approximate surface area is 175 Å². The van der Waals surface area contributed by atoms with E-state index in [0.717, 1.165) is 24.8 Å². The molecule has 1 nitrogen and oxygen atoms in total. The highest BCUT2D eigenvalue weighted by molar-refractivity contribution is 5.61. The molecule has 160 valence electrons. The van der Waals surface area contributed by atoms with Crippen molar-refractivity contribution in [3.63, 3.8) is 0 Å². The van der Waals surface area contributed by atoms with Crippen molar-refractivity contribution in [3.05, 3.63) is 88.4 Å². The van der Waals surface area contributed by atoms with Gasteiger partial charge in [0.15, 0.2) is 0 Å². The van der Waals surface area contributed by atoms with Crippen molar-refractivity contribution < 1.29 is 26.3 Å². The van der Waals surface area contributed by atoms with Gasteiger partial charge in [-0.3, -0.25) is 4.98 Å². The molecule has 2 aromatic carbocycles. The molecule has 0 radical (unpaired) electrons. The fourth-order valence-electron chi connectivity index (χ4n) is 2.96. The molecule has 3 aromatic rings. The highest BCUT2D eigenvalue weighted by Crippen LogP contribution is 2.33. The number of rotatable bonds is 4. The van der Waals surface area contributed by atoms with Crippen LogP contribution in [0.25, 0.3) is 11.3 Å². The van der Waals surface area contributed by atoms with Crippen LogP contribution in [0.5, 0.6) is 0 Å².